The summed E-state index contributed by atoms with van der Waals surface area (Å²) in [5, 5.41) is 3.46. The number of nitrogens with one attached hydrogen (secondary N) is 1. The van der Waals surface area contributed by atoms with E-state index in [1.807, 2.05) is 13.0 Å². The van der Waals surface area contributed by atoms with Gasteiger partial charge in [0.2, 0.25) is 5.91 Å². The van der Waals surface area contributed by atoms with Gasteiger partial charge in [-0.1, -0.05) is 23.7 Å². The van der Waals surface area contributed by atoms with Crippen LogP contribution in [0, 0.1) is 6.92 Å². The minimum Gasteiger partial charge on any atom is -0.408 e. The maximum atomic E-state index is 12.2. The second kappa shape index (κ2) is 5.93. The van der Waals surface area contributed by atoms with Crippen LogP contribution >= 0.6 is 11.6 Å². The van der Waals surface area contributed by atoms with E-state index >= 15 is 0 Å². The first kappa shape index (κ1) is 15.4. The summed E-state index contributed by atoms with van der Waals surface area (Å²) in [7, 11) is 1.63. The lowest BCUT2D eigenvalue weighted by molar-refractivity contribution is -0.115. The van der Waals surface area contributed by atoms with Gasteiger partial charge in [-0.05, 0) is 42.3 Å². The summed E-state index contributed by atoms with van der Waals surface area (Å²) in [6.07, 6.45) is 0.196. The number of hydrogen-bond donors (Lipinski definition) is 1. The highest BCUT2D eigenvalue weighted by atomic mass is 35.5. The molecule has 0 aliphatic rings. The molecule has 0 bridgehead atoms. The molecule has 118 valence electrons. The van der Waals surface area contributed by atoms with E-state index in [4.69, 9.17) is 16.0 Å². The molecular weight excluding hydrogens is 316 g/mol. The molecule has 3 rings (SSSR count). The molecule has 0 atom stereocenters. The third-order valence-corrected chi connectivity index (χ3v) is 4.17. The molecule has 1 aromatic heterocycles. The average molecular weight is 331 g/mol. The van der Waals surface area contributed by atoms with Gasteiger partial charge in [-0.2, -0.15) is 0 Å². The second-order valence-corrected chi connectivity index (χ2v) is 5.77. The van der Waals surface area contributed by atoms with E-state index in [-0.39, 0.29) is 12.3 Å². The molecule has 0 saturated carbocycles. The zero-order valence-electron chi connectivity index (χ0n) is 12.7. The summed E-state index contributed by atoms with van der Waals surface area (Å²) < 4.78 is 6.49. The summed E-state index contributed by atoms with van der Waals surface area (Å²) in [5.74, 6) is -0.570. The van der Waals surface area contributed by atoms with Gasteiger partial charge in [0.25, 0.3) is 0 Å². The van der Waals surface area contributed by atoms with Crippen LogP contribution in [0.15, 0.2) is 45.6 Å². The number of aryl methyl sites for hydroxylation is 1. The third kappa shape index (κ3) is 3.00. The fraction of sp³-hybridized carbons (Fsp3) is 0.176. The Hall–Kier alpha value is -2.53. The van der Waals surface area contributed by atoms with Gasteiger partial charge >= 0.3 is 5.76 Å². The van der Waals surface area contributed by atoms with Crippen molar-refractivity contribution in [3.63, 3.8) is 0 Å². The first-order chi connectivity index (χ1) is 11.0. The molecule has 0 aliphatic heterocycles. The number of oxazole rings is 1. The van der Waals surface area contributed by atoms with Gasteiger partial charge in [-0.25, -0.2) is 4.79 Å². The van der Waals surface area contributed by atoms with Gasteiger partial charge in [-0.3, -0.25) is 9.36 Å². The molecule has 1 amide bonds. The van der Waals surface area contributed by atoms with Crippen molar-refractivity contribution in [2.75, 3.05) is 5.32 Å². The van der Waals surface area contributed by atoms with Crippen LogP contribution in [0.4, 0.5) is 5.69 Å². The van der Waals surface area contributed by atoms with Crippen molar-refractivity contribution in [3.05, 3.63) is 63.1 Å². The third-order valence-electron chi connectivity index (χ3n) is 3.76. The molecule has 1 N–H and O–H groups in total. The molecule has 5 nitrogen and oxygen atoms in total. The molecular formula is C17H15ClN2O3. The fourth-order valence-electron chi connectivity index (χ4n) is 2.40. The van der Waals surface area contributed by atoms with E-state index in [1.165, 1.54) is 4.57 Å². The standard InChI is InChI=1S/C17H15ClN2O3/c1-10-12(18)4-3-5-13(10)19-16(21)9-11-6-7-15-14(8-11)20(2)17(22)23-15/h3-8H,9H2,1-2H3,(H,19,21). The van der Waals surface area contributed by atoms with E-state index in [0.29, 0.717) is 21.8 Å². The Kier molecular flexibility index (Phi) is 3.96. The van der Waals surface area contributed by atoms with Crippen molar-refractivity contribution in [3.8, 4) is 0 Å². The van der Waals surface area contributed by atoms with Gasteiger partial charge < -0.3 is 9.73 Å². The quantitative estimate of drug-likeness (QED) is 0.801. The summed E-state index contributed by atoms with van der Waals surface area (Å²) in [6, 6.07) is 10.6. The van der Waals surface area contributed by atoms with Crippen LogP contribution in [0.1, 0.15) is 11.1 Å². The summed E-state index contributed by atoms with van der Waals surface area (Å²) in [5.41, 5.74) is 3.49. The summed E-state index contributed by atoms with van der Waals surface area (Å²) >= 11 is 6.05. The lowest BCUT2D eigenvalue weighted by atomic mass is 10.1. The monoisotopic (exact) mass is 330 g/mol. The lowest BCUT2D eigenvalue weighted by Crippen LogP contribution is -2.15. The number of rotatable bonds is 3. The van der Waals surface area contributed by atoms with Crippen LogP contribution < -0.4 is 11.1 Å². The van der Waals surface area contributed by atoms with E-state index in [1.54, 1.807) is 37.4 Å². The number of anilines is 1. The second-order valence-electron chi connectivity index (χ2n) is 5.37. The van der Waals surface area contributed by atoms with Crippen molar-refractivity contribution in [1.29, 1.82) is 0 Å². The SMILES string of the molecule is Cc1c(Cl)cccc1NC(=O)Cc1ccc2oc(=O)n(C)c2c1. The van der Waals surface area contributed by atoms with Crippen LogP contribution in [0.2, 0.25) is 5.02 Å². The van der Waals surface area contributed by atoms with E-state index in [9.17, 15) is 9.59 Å². The number of amides is 1. The molecule has 0 aliphatic carbocycles. The number of fused-ring (bicyclic) bond motifs is 1. The van der Waals surface area contributed by atoms with Crippen molar-refractivity contribution >= 4 is 34.3 Å². The van der Waals surface area contributed by atoms with Crippen LogP contribution in [0.25, 0.3) is 11.1 Å². The molecule has 23 heavy (non-hydrogen) atoms. The van der Waals surface area contributed by atoms with Crippen molar-refractivity contribution in [2.24, 2.45) is 7.05 Å². The normalized spacial score (nSPS) is 10.9. The summed E-state index contributed by atoms with van der Waals surface area (Å²) in [6.45, 7) is 1.85. The highest BCUT2D eigenvalue weighted by Gasteiger charge is 2.10. The number of carbonyl (C=O) groups excluding carboxylic acids is 1. The molecule has 6 heteroatoms. The van der Waals surface area contributed by atoms with Gasteiger partial charge in [0.05, 0.1) is 11.9 Å². The average Bonchev–Trinajstić information content (AvgIpc) is 2.79. The Balaban J connectivity index is 1.81. The topological polar surface area (TPSA) is 64.2 Å². The van der Waals surface area contributed by atoms with Gasteiger partial charge in [0.15, 0.2) is 5.58 Å². The molecule has 1 heterocycles. The zero-order chi connectivity index (χ0) is 16.6. The maximum Gasteiger partial charge on any atom is 0.419 e. The Morgan fingerprint density at radius 2 is 2.09 bits per heavy atom. The number of aromatic nitrogens is 1. The summed E-state index contributed by atoms with van der Waals surface area (Å²) in [4.78, 5) is 23.7. The molecule has 0 radical (unpaired) electrons. The van der Waals surface area contributed by atoms with Gasteiger partial charge in [-0.15, -0.1) is 0 Å². The van der Waals surface area contributed by atoms with Crippen molar-refractivity contribution < 1.29 is 9.21 Å². The van der Waals surface area contributed by atoms with Gasteiger partial charge in [0.1, 0.15) is 0 Å². The van der Waals surface area contributed by atoms with Crippen LogP contribution in [0.5, 0.6) is 0 Å². The Bertz CT molecular complexity index is 956. The van der Waals surface area contributed by atoms with Crippen LogP contribution in [0.3, 0.4) is 0 Å². The minimum absolute atomic E-state index is 0.150. The van der Waals surface area contributed by atoms with Crippen LogP contribution in [-0.2, 0) is 18.3 Å². The Morgan fingerprint density at radius 3 is 2.87 bits per heavy atom. The number of benzene rings is 2. The van der Waals surface area contributed by atoms with E-state index in [0.717, 1.165) is 11.1 Å². The smallest absolute Gasteiger partial charge is 0.408 e. The lowest BCUT2D eigenvalue weighted by Gasteiger charge is -2.09. The highest BCUT2D eigenvalue weighted by Crippen LogP contribution is 2.23. The largest absolute Gasteiger partial charge is 0.419 e. The fourth-order valence-corrected chi connectivity index (χ4v) is 2.58. The predicted molar refractivity (Wildman–Crippen MR) is 90.0 cm³/mol. The van der Waals surface area contributed by atoms with Crippen LogP contribution in [-0.4, -0.2) is 10.5 Å². The van der Waals surface area contributed by atoms with E-state index < -0.39 is 5.76 Å². The number of carbonyl (C=O) groups is 1. The van der Waals surface area contributed by atoms with Gasteiger partial charge in [0, 0.05) is 17.8 Å². The number of nitrogens with zero attached hydrogens (tertiary/aromatic N) is 1. The number of hydrogen-bond acceptors (Lipinski definition) is 3. The Labute approximate surface area is 137 Å². The maximum absolute atomic E-state index is 12.2. The first-order valence-electron chi connectivity index (χ1n) is 7.09. The van der Waals surface area contributed by atoms with E-state index in [2.05, 4.69) is 5.32 Å². The molecule has 0 fully saturated rings. The first-order valence-corrected chi connectivity index (χ1v) is 7.47. The number of halogens is 1. The molecule has 2 aromatic carbocycles. The zero-order valence-corrected chi connectivity index (χ0v) is 13.5. The molecule has 3 aromatic rings. The van der Waals surface area contributed by atoms with Crippen molar-refractivity contribution in [1.82, 2.24) is 4.57 Å². The molecule has 0 unspecified atom stereocenters. The predicted octanol–water partition coefficient (Wildman–Crippen LogP) is 3.27. The molecule has 0 saturated heterocycles. The molecule has 0 spiro atoms. The minimum atomic E-state index is -0.420. The van der Waals surface area contributed by atoms with Crippen molar-refractivity contribution in [2.45, 2.75) is 13.3 Å². The highest BCUT2D eigenvalue weighted by molar-refractivity contribution is 6.31. The Morgan fingerprint density at radius 1 is 1.30 bits per heavy atom.